The number of pyridine rings is 1. The molecule has 0 bridgehead atoms. The summed E-state index contributed by atoms with van der Waals surface area (Å²) >= 11 is 0. The molecule has 1 aromatic heterocycles. The number of fused-ring (bicyclic) bond motifs is 1. The molecule has 4 nitrogen and oxygen atoms in total. The minimum absolute atomic E-state index is 0.420. The first kappa shape index (κ1) is 8.83. The van der Waals surface area contributed by atoms with E-state index < -0.39 is 10.5 Å². The number of hydrogen-bond acceptors (Lipinski definition) is 4. The van der Waals surface area contributed by atoms with Gasteiger partial charge in [0.1, 0.15) is 0 Å². The van der Waals surface area contributed by atoms with E-state index in [0.29, 0.717) is 5.69 Å². The molecular weight excluding hydrogens is 200 g/mol. The molecule has 2 aromatic rings. The third-order valence-electron chi connectivity index (χ3n) is 1.80. The molecule has 5 heteroatoms. The summed E-state index contributed by atoms with van der Waals surface area (Å²) in [5.41, 5.74) is 1.16. The molecule has 0 unspecified atom stereocenters. The fraction of sp³-hybridized carbons (Fsp3) is 0. The van der Waals surface area contributed by atoms with Crippen LogP contribution in [0.1, 0.15) is 0 Å². The first-order valence-corrected chi connectivity index (χ1v) is 4.95. The van der Waals surface area contributed by atoms with Gasteiger partial charge in [0, 0.05) is 11.6 Å². The summed E-state index contributed by atoms with van der Waals surface area (Å²) in [4.78, 5) is 4.09. The van der Waals surface area contributed by atoms with E-state index >= 15 is 0 Å². The number of para-hydroxylation sites is 1. The van der Waals surface area contributed by atoms with Gasteiger partial charge in [-0.15, -0.1) is 4.36 Å². The molecular formula is C9H6N2O2S. The average Bonchev–Trinajstić information content (AvgIpc) is 2.18. The Morgan fingerprint density at radius 2 is 1.93 bits per heavy atom. The molecule has 0 aliphatic carbocycles. The van der Waals surface area contributed by atoms with Gasteiger partial charge in [0.15, 0.2) is 0 Å². The molecule has 2 rings (SSSR count). The van der Waals surface area contributed by atoms with Crippen LogP contribution in [0.4, 0.5) is 5.69 Å². The summed E-state index contributed by atoms with van der Waals surface area (Å²) in [6.07, 6.45) is 1.54. The lowest BCUT2D eigenvalue weighted by molar-refractivity contribution is 0.622. The number of aromatic nitrogens is 1. The lowest BCUT2D eigenvalue weighted by Crippen LogP contribution is -1.77. The van der Waals surface area contributed by atoms with Crippen LogP contribution in [0, 0.1) is 0 Å². The van der Waals surface area contributed by atoms with Gasteiger partial charge in [-0.1, -0.05) is 18.2 Å². The topological polar surface area (TPSA) is 59.4 Å². The fourth-order valence-electron chi connectivity index (χ4n) is 1.24. The van der Waals surface area contributed by atoms with Crippen molar-refractivity contribution in [3.63, 3.8) is 0 Å². The predicted octanol–water partition coefficient (Wildman–Crippen LogP) is 1.93. The van der Waals surface area contributed by atoms with E-state index in [0.717, 1.165) is 10.9 Å². The summed E-state index contributed by atoms with van der Waals surface area (Å²) in [7, 11) is -2.43. The Morgan fingerprint density at radius 1 is 1.14 bits per heavy atom. The van der Waals surface area contributed by atoms with E-state index in [2.05, 4.69) is 9.35 Å². The maximum Gasteiger partial charge on any atom is 0.316 e. The maximum atomic E-state index is 10.4. The van der Waals surface area contributed by atoms with Crippen LogP contribution in [0.2, 0.25) is 0 Å². The molecule has 0 spiro atoms. The van der Waals surface area contributed by atoms with Crippen LogP contribution in [0.15, 0.2) is 40.9 Å². The number of rotatable bonds is 1. The Hall–Kier alpha value is -1.75. The second-order valence-corrected chi connectivity index (χ2v) is 3.27. The van der Waals surface area contributed by atoms with E-state index in [1.54, 1.807) is 12.1 Å². The lowest BCUT2D eigenvalue weighted by atomic mass is 10.2. The molecule has 0 fully saturated rings. The highest BCUT2D eigenvalue weighted by Crippen LogP contribution is 2.23. The second-order valence-electron chi connectivity index (χ2n) is 2.66. The van der Waals surface area contributed by atoms with Crippen molar-refractivity contribution in [2.24, 2.45) is 4.36 Å². The van der Waals surface area contributed by atoms with Crippen molar-refractivity contribution >= 4 is 27.1 Å². The van der Waals surface area contributed by atoms with E-state index in [1.165, 1.54) is 6.20 Å². The van der Waals surface area contributed by atoms with Gasteiger partial charge in [-0.05, 0) is 12.1 Å². The largest absolute Gasteiger partial charge is 0.316 e. The summed E-state index contributed by atoms with van der Waals surface area (Å²) in [5.74, 6) is 0. The normalized spacial score (nSPS) is 10.0. The van der Waals surface area contributed by atoms with Gasteiger partial charge in [-0.2, -0.15) is 8.42 Å². The van der Waals surface area contributed by atoms with Crippen LogP contribution >= 0.6 is 0 Å². The standard InChI is InChI=1S/C9H6N2O2S/c12-14(13)11-9-5-6-10-8-4-2-1-3-7(8)9/h1-6H. The number of hydrogen-bond donors (Lipinski definition) is 0. The molecule has 70 valence electrons. The molecule has 1 heterocycles. The molecule has 0 atom stereocenters. The van der Waals surface area contributed by atoms with E-state index in [9.17, 15) is 8.42 Å². The maximum absolute atomic E-state index is 10.4. The molecule has 0 N–H and O–H groups in total. The molecule has 14 heavy (non-hydrogen) atoms. The van der Waals surface area contributed by atoms with Crippen LogP contribution in [0.5, 0.6) is 0 Å². The van der Waals surface area contributed by atoms with Crippen molar-refractivity contribution in [1.82, 2.24) is 4.98 Å². The summed E-state index contributed by atoms with van der Waals surface area (Å²) < 4.78 is 24.3. The van der Waals surface area contributed by atoms with Gasteiger partial charge >= 0.3 is 10.5 Å². The Labute approximate surface area is 81.9 Å². The van der Waals surface area contributed by atoms with Crippen LogP contribution in [-0.2, 0) is 10.5 Å². The van der Waals surface area contributed by atoms with Crippen molar-refractivity contribution in [1.29, 1.82) is 0 Å². The van der Waals surface area contributed by atoms with E-state index in [-0.39, 0.29) is 0 Å². The third-order valence-corrected chi connectivity index (χ3v) is 2.14. The summed E-state index contributed by atoms with van der Waals surface area (Å²) in [6, 6.07) is 8.82. The Bertz CT molecular complexity index is 592. The van der Waals surface area contributed by atoms with Crippen molar-refractivity contribution in [3.8, 4) is 0 Å². The smallest absolute Gasteiger partial charge is 0.256 e. The molecule has 0 saturated carbocycles. The van der Waals surface area contributed by atoms with Crippen LogP contribution in [0.3, 0.4) is 0 Å². The Kier molecular flexibility index (Phi) is 2.24. The lowest BCUT2D eigenvalue weighted by Gasteiger charge is -1.97. The monoisotopic (exact) mass is 206 g/mol. The van der Waals surface area contributed by atoms with Crippen molar-refractivity contribution in [3.05, 3.63) is 36.5 Å². The Balaban J connectivity index is 2.84. The van der Waals surface area contributed by atoms with Gasteiger partial charge in [-0.3, -0.25) is 4.98 Å². The number of nitrogens with zero attached hydrogens (tertiary/aromatic N) is 2. The van der Waals surface area contributed by atoms with E-state index in [4.69, 9.17) is 0 Å². The average molecular weight is 206 g/mol. The van der Waals surface area contributed by atoms with Gasteiger partial charge in [0.2, 0.25) is 0 Å². The minimum Gasteiger partial charge on any atom is -0.256 e. The quantitative estimate of drug-likeness (QED) is 0.716. The molecule has 0 aliphatic heterocycles. The van der Waals surface area contributed by atoms with E-state index in [1.807, 2.05) is 18.2 Å². The molecule has 0 saturated heterocycles. The third kappa shape index (κ3) is 1.62. The zero-order chi connectivity index (χ0) is 9.97. The van der Waals surface area contributed by atoms with Crippen molar-refractivity contribution < 1.29 is 8.42 Å². The molecule has 0 radical (unpaired) electrons. The van der Waals surface area contributed by atoms with Crippen LogP contribution < -0.4 is 0 Å². The second kappa shape index (κ2) is 3.55. The zero-order valence-corrected chi connectivity index (χ0v) is 7.90. The highest BCUT2D eigenvalue weighted by atomic mass is 32.2. The highest BCUT2D eigenvalue weighted by Gasteiger charge is 1.98. The SMILES string of the molecule is O=S(=O)=Nc1ccnc2ccccc12. The van der Waals surface area contributed by atoms with Gasteiger partial charge in [0.05, 0.1) is 11.2 Å². The van der Waals surface area contributed by atoms with Gasteiger partial charge in [0.25, 0.3) is 0 Å². The highest BCUT2D eigenvalue weighted by molar-refractivity contribution is 7.61. The van der Waals surface area contributed by atoms with Crippen LogP contribution in [-0.4, -0.2) is 13.4 Å². The molecule has 0 amide bonds. The van der Waals surface area contributed by atoms with Crippen molar-refractivity contribution in [2.45, 2.75) is 0 Å². The summed E-state index contributed by atoms with van der Waals surface area (Å²) in [5, 5.41) is 0.735. The zero-order valence-electron chi connectivity index (χ0n) is 7.08. The summed E-state index contributed by atoms with van der Waals surface area (Å²) in [6.45, 7) is 0. The minimum atomic E-state index is -2.43. The predicted molar refractivity (Wildman–Crippen MR) is 52.8 cm³/mol. The first-order chi connectivity index (χ1) is 6.77. The molecule has 0 aliphatic rings. The van der Waals surface area contributed by atoms with Crippen LogP contribution in [0.25, 0.3) is 10.9 Å². The Morgan fingerprint density at radius 3 is 2.71 bits per heavy atom. The van der Waals surface area contributed by atoms with Crippen molar-refractivity contribution in [2.75, 3.05) is 0 Å². The molecule has 1 aromatic carbocycles. The van der Waals surface area contributed by atoms with Gasteiger partial charge in [-0.25, -0.2) is 0 Å². The fourth-order valence-corrected chi connectivity index (χ4v) is 1.56. The first-order valence-electron chi connectivity index (χ1n) is 3.92. The van der Waals surface area contributed by atoms with Gasteiger partial charge < -0.3 is 0 Å². The number of benzene rings is 1.